The van der Waals surface area contributed by atoms with Crippen LogP contribution in [0.25, 0.3) is 5.57 Å². The SMILES string of the molecule is COC(=O)[C@@H](C(C)C)N(C)C(=O)c1ccc(OC)c(C2=C(CN3C(=O)O[C@H](c4cc(C(F)(F)F)cc(C(F)(F)F)c4)[C@@H]3C)CC(C)(C)CC2)c1. The second kappa shape index (κ2) is 14.2. The molecule has 0 bridgehead atoms. The van der Waals surface area contributed by atoms with Gasteiger partial charge in [0.1, 0.15) is 17.9 Å². The quantitative estimate of drug-likeness (QED) is 0.191. The Morgan fingerprint density at radius 1 is 1.02 bits per heavy atom. The van der Waals surface area contributed by atoms with E-state index in [1.54, 1.807) is 32.0 Å². The zero-order valence-corrected chi connectivity index (χ0v) is 29.2. The number of halogens is 6. The number of benzene rings is 2. The second-order valence-corrected chi connectivity index (χ2v) is 14.0. The Kier molecular flexibility index (Phi) is 10.9. The number of alkyl halides is 6. The summed E-state index contributed by atoms with van der Waals surface area (Å²) in [6.45, 7) is 9.17. The van der Waals surface area contributed by atoms with Crippen LogP contribution in [0.3, 0.4) is 0 Å². The van der Waals surface area contributed by atoms with Gasteiger partial charge in [-0.3, -0.25) is 9.69 Å². The molecule has 0 saturated carbocycles. The molecule has 8 nitrogen and oxygen atoms in total. The Balaban J connectivity index is 1.75. The molecule has 1 aliphatic heterocycles. The van der Waals surface area contributed by atoms with E-state index >= 15 is 0 Å². The standard InChI is InChI=1S/C36H42F6N2O6/c1-19(2)29(32(46)49-8)43(6)31(45)21-9-10-28(48-7)27(15-21)26-11-12-34(4,5)17-23(26)18-44-20(3)30(50-33(44)47)22-13-24(35(37,38)39)16-25(14-22)36(40,41)42/h9-10,13-16,19-20,29-30H,11-12,17-18H2,1-8H3/t20-,29+,30-/m0/s1. The van der Waals surface area contributed by atoms with Crippen molar-refractivity contribution in [1.29, 1.82) is 0 Å². The van der Waals surface area contributed by atoms with Gasteiger partial charge in [0.15, 0.2) is 0 Å². The molecule has 0 spiro atoms. The summed E-state index contributed by atoms with van der Waals surface area (Å²) in [5, 5.41) is 0. The Morgan fingerprint density at radius 3 is 2.14 bits per heavy atom. The zero-order valence-electron chi connectivity index (χ0n) is 29.2. The van der Waals surface area contributed by atoms with Gasteiger partial charge in [-0.25, -0.2) is 9.59 Å². The van der Waals surface area contributed by atoms with Crippen LogP contribution < -0.4 is 4.74 Å². The van der Waals surface area contributed by atoms with Gasteiger partial charge in [-0.1, -0.05) is 27.7 Å². The minimum absolute atomic E-state index is 0.0284. The highest BCUT2D eigenvalue weighted by Gasteiger charge is 2.44. The fourth-order valence-electron chi connectivity index (χ4n) is 6.80. The average molecular weight is 713 g/mol. The molecule has 50 heavy (non-hydrogen) atoms. The summed E-state index contributed by atoms with van der Waals surface area (Å²) in [4.78, 5) is 42.1. The molecule has 14 heteroatoms. The molecular formula is C36H42F6N2O6. The van der Waals surface area contributed by atoms with E-state index < -0.39 is 65.2 Å². The minimum Gasteiger partial charge on any atom is -0.496 e. The lowest BCUT2D eigenvalue weighted by Gasteiger charge is -2.36. The van der Waals surface area contributed by atoms with Gasteiger partial charge in [0.25, 0.3) is 5.91 Å². The van der Waals surface area contributed by atoms with Crippen LogP contribution in [-0.4, -0.2) is 67.7 Å². The van der Waals surface area contributed by atoms with Gasteiger partial charge < -0.3 is 19.1 Å². The number of hydrogen-bond acceptors (Lipinski definition) is 6. The third-order valence-electron chi connectivity index (χ3n) is 9.45. The molecule has 0 N–H and O–H groups in total. The number of methoxy groups -OCH3 is 2. The molecule has 1 aliphatic carbocycles. The van der Waals surface area contributed by atoms with Crippen LogP contribution >= 0.6 is 0 Å². The molecule has 4 rings (SSSR count). The Morgan fingerprint density at radius 2 is 1.62 bits per heavy atom. The molecule has 3 atom stereocenters. The third kappa shape index (κ3) is 8.04. The first-order chi connectivity index (χ1) is 23.1. The van der Waals surface area contributed by atoms with Crippen molar-refractivity contribution in [2.45, 2.75) is 84.4 Å². The summed E-state index contributed by atoms with van der Waals surface area (Å²) in [5.74, 6) is -0.793. The van der Waals surface area contributed by atoms with Crippen molar-refractivity contribution in [3.63, 3.8) is 0 Å². The van der Waals surface area contributed by atoms with E-state index in [2.05, 4.69) is 0 Å². The van der Waals surface area contributed by atoms with Crippen LogP contribution in [0, 0.1) is 11.3 Å². The maximum absolute atomic E-state index is 13.7. The largest absolute Gasteiger partial charge is 0.496 e. The van der Waals surface area contributed by atoms with E-state index in [0.29, 0.717) is 36.3 Å². The van der Waals surface area contributed by atoms with E-state index in [1.807, 2.05) is 13.8 Å². The first-order valence-corrected chi connectivity index (χ1v) is 16.1. The normalized spacial score (nSPS) is 20.1. The number of cyclic esters (lactones) is 1. The number of carbonyl (C=O) groups is 3. The van der Waals surface area contributed by atoms with Crippen molar-refractivity contribution < 1.29 is 54.9 Å². The molecule has 0 unspecified atom stereocenters. The fourth-order valence-corrected chi connectivity index (χ4v) is 6.80. The lowest BCUT2D eigenvalue weighted by molar-refractivity contribution is -0.147. The molecule has 274 valence electrons. The van der Waals surface area contributed by atoms with Gasteiger partial charge in [-0.15, -0.1) is 0 Å². The summed E-state index contributed by atoms with van der Waals surface area (Å²) in [5.41, 5.74) is -1.22. The molecule has 1 saturated heterocycles. The smallest absolute Gasteiger partial charge is 0.416 e. The topological polar surface area (TPSA) is 85.4 Å². The second-order valence-electron chi connectivity index (χ2n) is 14.0. The summed E-state index contributed by atoms with van der Waals surface area (Å²) in [6.07, 6.45) is -10.7. The third-order valence-corrected chi connectivity index (χ3v) is 9.45. The van der Waals surface area contributed by atoms with Crippen molar-refractivity contribution in [3.8, 4) is 5.75 Å². The number of ether oxygens (including phenoxy) is 3. The highest BCUT2D eigenvalue weighted by molar-refractivity contribution is 5.98. The lowest BCUT2D eigenvalue weighted by atomic mass is 9.72. The van der Waals surface area contributed by atoms with Gasteiger partial charge >= 0.3 is 24.4 Å². The van der Waals surface area contributed by atoms with Crippen LogP contribution in [0.1, 0.15) is 92.6 Å². The predicted molar refractivity (Wildman–Crippen MR) is 172 cm³/mol. The van der Waals surface area contributed by atoms with Gasteiger partial charge in [-0.2, -0.15) is 26.3 Å². The number of nitrogens with zero attached hydrogens (tertiary/aromatic N) is 2. The van der Waals surface area contributed by atoms with Crippen LogP contribution in [-0.2, 0) is 26.6 Å². The molecular weight excluding hydrogens is 670 g/mol. The van der Waals surface area contributed by atoms with Crippen LogP contribution in [0.15, 0.2) is 42.0 Å². The maximum Gasteiger partial charge on any atom is 0.416 e. The van der Waals surface area contributed by atoms with Crippen molar-refractivity contribution in [1.82, 2.24) is 9.80 Å². The van der Waals surface area contributed by atoms with Gasteiger partial charge in [0.05, 0.1) is 31.4 Å². The number of amides is 2. The summed E-state index contributed by atoms with van der Waals surface area (Å²) >= 11 is 0. The molecule has 2 amide bonds. The summed E-state index contributed by atoms with van der Waals surface area (Å²) in [6, 6.07) is 4.30. The first-order valence-electron chi connectivity index (χ1n) is 16.1. The Hall–Kier alpha value is -4.23. The molecule has 2 aliphatic rings. The number of hydrogen-bond donors (Lipinski definition) is 0. The number of rotatable bonds is 9. The highest BCUT2D eigenvalue weighted by Crippen LogP contribution is 2.47. The zero-order chi connectivity index (χ0) is 37.5. The molecule has 2 aromatic carbocycles. The summed E-state index contributed by atoms with van der Waals surface area (Å²) in [7, 11) is 4.24. The van der Waals surface area contributed by atoms with Gasteiger partial charge in [0, 0.05) is 24.7 Å². The van der Waals surface area contributed by atoms with Gasteiger partial charge in [0.2, 0.25) is 0 Å². The van der Waals surface area contributed by atoms with E-state index in [-0.39, 0.29) is 29.5 Å². The molecule has 0 radical (unpaired) electrons. The Bertz CT molecular complexity index is 1630. The molecule has 2 aromatic rings. The van der Waals surface area contributed by atoms with Crippen molar-refractivity contribution in [2.24, 2.45) is 11.3 Å². The van der Waals surface area contributed by atoms with E-state index in [4.69, 9.17) is 14.2 Å². The van der Waals surface area contributed by atoms with Crippen LogP contribution in [0.4, 0.5) is 31.1 Å². The number of esters is 1. The van der Waals surface area contributed by atoms with E-state index in [9.17, 15) is 40.7 Å². The average Bonchev–Trinajstić information content (AvgIpc) is 3.31. The number of likely N-dealkylation sites (N-methyl/N-ethyl adjacent to an activating group) is 1. The highest BCUT2D eigenvalue weighted by atomic mass is 19.4. The fraction of sp³-hybridized carbons (Fsp3) is 0.528. The molecule has 0 aromatic heterocycles. The lowest BCUT2D eigenvalue weighted by Crippen LogP contribution is -2.46. The molecule has 1 heterocycles. The minimum atomic E-state index is -5.06. The Labute approximate surface area is 287 Å². The van der Waals surface area contributed by atoms with Crippen molar-refractivity contribution >= 4 is 23.5 Å². The van der Waals surface area contributed by atoms with Crippen molar-refractivity contribution in [3.05, 3.63) is 69.8 Å². The van der Waals surface area contributed by atoms with Crippen LogP contribution in [0.5, 0.6) is 5.75 Å². The van der Waals surface area contributed by atoms with E-state index in [1.165, 1.54) is 38.0 Å². The molecule has 1 fully saturated rings. The van der Waals surface area contributed by atoms with Crippen LogP contribution in [0.2, 0.25) is 0 Å². The summed E-state index contributed by atoms with van der Waals surface area (Å²) < 4.78 is 97.8. The number of allylic oxidation sites excluding steroid dienone is 1. The van der Waals surface area contributed by atoms with Crippen molar-refractivity contribution in [2.75, 3.05) is 27.8 Å². The maximum atomic E-state index is 13.7. The predicted octanol–water partition coefficient (Wildman–Crippen LogP) is 8.55. The monoisotopic (exact) mass is 712 g/mol. The number of carbonyl (C=O) groups excluding carboxylic acids is 3. The van der Waals surface area contributed by atoms with E-state index in [0.717, 1.165) is 17.6 Å². The first kappa shape index (κ1) is 38.6. The van der Waals surface area contributed by atoms with Gasteiger partial charge in [-0.05, 0) is 90.6 Å².